The number of hydrogen-bond acceptors (Lipinski definition) is 5. The summed E-state index contributed by atoms with van der Waals surface area (Å²) in [5, 5.41) is 2.67. The summed E-state index contributed by atoms with van der Waals surface area (Å²) in [6, 6.07) is 9.88. The highest BCUT2D eigenvalue weighted by molar-refractivity contribution is 6.07. The number of ether oxygens (including phenoxy) is 2. The van der Waals surface area contributed by atoms with Crippen molar-refractivity contribution in [1.29, 1.82) is 0 Å². The number of benzene rings is 2. The molecule has 0 aliphatic rings. The number of carbonyl (C=O) groups is 1. The Balaban J connectivity index is 1.69. The zero-order valence-electron chi connectivity index (χ0n) is 17.1. The number of aryl methyl sites for hydroxylation is 1. The third-order valence-electron chi connectivity index (χ3n) is 4.47. The number of alkyl halides is 3. The number of hydrogen-bond donors (Lipinski definition) is 2. The highest BCUT2D eigenvalue weighted by Crippen LogP contribution is 2.34. The Bertz CT molecular complexity index is 1130. The van der Waals surface area contributed by atoms with E-state index >= 15 is 0 Å². The van der Waals surface area contributed by atoms with Gasteiger partial charge in [0.05, 0.1) is 23.4 Å². The Labute approximate surface area is 181 Å². The number of nitrogens with two attached hydrogens (primary N) is 1. The summed E-state index contributed by atoms with van der Waals surface area (Å²) >= 11 is 0. The Hall–Kier alpha value is -3.66. The van der Waals surface area contributed by atoms with Gasteiger partial charge in [-0.2, -0.15) is 13.2 Å². The van der Waals surface area contributed by atoms with Gasteiger partial charge in [-0.25, -0.2) is 9.37 Å². The van der Waals surface area contributed by atoms with Crippen molar-refractivity contribution >= 4 is 17.4 Å². The fraction of sp³-hybridized carbons (Fsp3) is 0.182. The first-order valence-corrected chi connectivity index (χ1v) is 9.29. The van der Waals surface area contributed by atoms with E-state index in [2.05, 4.69) is 10.3 Å². The molecule has 32 heavy (non-hydrogen) atoms. The fourth-order valence-electron chi connectivity index (χ4n) is 2.86. The van der Waals surface area contributed by atoms with Crippen LogP contribution in [0.4, 0.5) is 29.1 Å². The van der Waals surface area contributed by atoms with Crippen LogP contribution in [0.1, 0.15) is 27.2 Å². The van der Waals surface area contributed by atoms with Crippen molar-refractivity contribution in [2.24, 2.45) is 0 Å². The summed E-state index contributed by atoms with van der Waals surface area (Å²) in [4.78, 5) is 16.7. The summed E-state index contributed by atoms with van der Waals surface area (Å²) in [5.74, 6) is -1.71. The zero-order valence-corrected chi connectivity index (χ0v) is 17.1. The van der Waals surface area contributed by atoms with Gasteiger partial charge in [-0.1, -0.05) is 0 Å². The molecule has 1 aromatic heterocycles. The van der Waals surface area contributed by atoms with Crippen LogP contribution in [-0.2, 0) is 17.5 Å². The van der Waals surface area contributed by atoms with E-state index in [0.29, 0.717) is 23.5 Å². The molecule has 3 N–H and O–H groups in total. The predicted octanol–water partition coefficient (Wildman–Crippen LogP) is 5.32. The zero-order chi connectivity index (χ0) is 23.5. The lowest BCUT2D eigenvalue weighted by Crippen LogP contribution is -2.16. The second-order valence-electron chi connectivity index (χ2n) is 6.84. The number of aromatic nitrogens is 1. The molecular weight excluding hydrogens is 430 g/mol. The van der Waals surface area contributed by atoms with Gasteiger partial charge < -0.3 is 20.5 Å². The Morgan fingerprint density at radius 2 is 1.75 bits per heavy atom. The van der Waals surface area contributed by atoms with Crippen molar-refractivity contribution in [1.82, 2.24) is 4.98 Å². The SMILES string of the molecule is COCc1nc(N)c(C(=O)Nc2ccc(Oc3ccc(C(F)(F)F)c(F)c3)cc2)cc1C. The van der Waals surface area contributed by atoms with Gasteiger partial charge in [0.15, 0.2) is 0 Å². The van der Waals surface area contributed by atoms with Crippen LogP contribution in [0, 0.1) is 12.7 Å². The third kappa shape index (κ3) is 5.33. The standard InChI is InChI=1S/C22H19F4N3O3/c1-12-9-16(20(27)29-19(12)11-31-2)21(30)28-13-3-5-14(6-4-13)32-15-7-8-17(18(23)10-15)22(24,25)26/h3-10H,11H2,1-2H3,(H2,27,29)(H,28,30). The van der Waals surface area contributed by atoms with E-state index in [-0.39, 0.29) is 29.5 Å². The first kappa shape index (κ1) is 23.0. The maximum Gasteiger partial charge on any atom is 0.419 e. The molecule has 10 heteroatoms. The summed E-state index contributed by atoms with van der Waals surface area (Å²) in [6.07, 6.45) is -4.79. The van der Waals surface area contributed by atoms with Gasteiger partial charge in [-0.15, -0.1) is 0 Å². The predicted molar refractivity (Wildman–Crippen MR) is 110 cm³/mol. The van der Waals surface area contributed by atoms with E-state index in [1.807, 2.05) is 0 Å². The highest BCUT2D eigenvalue weighted by Gasteiger charge is 2.34. The van der Waals surface area contributed by atoms with Crippen LogP contribution in [0.15, 0.2) is 48.5 Å². The topological polar surface area (TPSA) is 86.5 Å². The van der Waals surface area contributed by atoms with E-state index in [1.165, 1.54) is 31.4 Å². The fourth-order valence-corrected chi connectivity index (χ4v) is 2.86. The Morgan fingerprint density at radius 3 is 2.34 bits per heavy atom. The number of nitrogens with one attached hydrogen (secondary N) is 1. The number of nitrogen functional groups attached to an aromatic ring is 1. The lowest BCUT2D eigenvalue weighted by Gasteiger charge is -2.12. The molecule has 3 aromatic rings. The van der Waals surface area contributed by atoms with Crippen molar-refractivity contribution in [2.45, 2.75) is 19.7 Å². The first-order chi connectivity index (χ1) is 15.1. The van der Waals surface area contributed by atoms with Crippen LogP contribution < -0.4 is 15.8 Å². The Kier molecular flexibility index (Phi) is 6.64. The van der Waals surface area contributed by atoms with Gasteiger partial charge >= 0.3 is 6.18 Å². The minimum absolute atomic E-state index is 0.0597. The number of nitrogens with zero attached hydrogens (tertiary/aromatic N) is 1. The minimum atomic E-state index is -4.79. The molecule has 0 unspecified atom stereocenters. The van der Waals surface area contributed by atoms with Crippen LogP contribution in [0.25, 0.3) is 0 Å². The second-order valence-corrected chi connectivity index (χ2v) is 6.84. The number of pyridine rings is 1. The first-order valence-electron chi connectivity index (χ1n) is 9.29. The van der Waals surface area contributed by atoms with E-state index in [9.17, 15) is 22.4 Å². The Morgan fingerprint density at radius 1 is 1.09 bits per heavy atom. The molecule has 0 atom stereocenters. The molecule has 0 spiro atoms. The van der Waals surface area contributed by atoms with Crippen molar-refractivity contribution in [3.8, 4) is 11.5 Å². The highest BCUT2D eigenvalue weighted by atomic mass is 19.4. The molecule has 0 fully saturated rings. The minimum Gasteiger partial charge on any atom is -0.457 e. The molecule has 2 aromatic carbocycles. The molecule has 0 radical (unpaired) electrons. The molecule has 6 nitrogen and oxygen atoms in total. The summed E-state index contributed by atoms with van der Waals surface area (Å²) in [6.45, 7) is 2.05. The number of amides is 1. The van der Waals surface area contributed by atoms with Crippen LogP contribution in [-0.4, -0.2) is 18.0 Å². The van der Waals surface area contributed by atoms with Gasteiger partial charge in [0.25, 0.3) is 5.91 Å². The van der Waals surface area contributed by atoms with Crippen molar-refractivity contribution < 1.29 is 31.8 Å². The normalized spacial score (nSPS) is 11.3. The molecule has 1 heterocycles. The van der Waals surface area contributed by atoms with Crippen LogP contribution >= 0.6 is 0 Å². The molecule has 3 rings (SSSR count). The van der Waals surface area contributed by atoms with Gasteiger partial charge in [0, 0.05) is 18.9 Å². The van der Waals surface area contributed by atoms with E-state index < -0.39 is 23.5 Å². The number of methoxy groups -OCH3 is 1. The molecular formula is C22H19F4N3O3. The van der Waals surface area contributed by atoms with E-state index in [1.54, 1.807) is 13.0 Å². The molecule has 0 saturated carbocycles. The second kappa shape index (κ2) is 9.23. The number of rotatable bonds is 6. The molecule has 168 valence electrons. The molecule has 0 aliphatic carbocycles. The molecule has 0 saturated heterocycles. The van der Waals surface area contributed by atoms with Gasteiger partial charge in [-0.05, 0) is 55.0 Å². The molecule has 0 bridgehead atoms. The smallest absolute Gasteiger partial charge is 0.419 e. The van der Waals surface area contributed by atoms with Crippen LogP contribution in [0.5, 0.6) is 11.5 Å². The maximum absolute atomic E-state index is 13.7. The maximum atomic E-state index is 13.7. The van der Waals surface area contributed by atoms with Crippen LogP contribution in [0.3, 0.4) is 0 Å². The van der Waals surface area contributed by atoms with E-state index in [4.69, 9.17) is 15.2 Å². The van der Waals surface area contributed by atoms with E-state index in [0.717, 1.165) is 11.6 Å². The largest absolute Gasteiger partial charge is 0.457 e. The number of anilines is 2. The number of halogens is 4. The average molecular weight is 449 g/mol. The van der Waals surface area contributed by atoms with Crippen molar-refractivity contribution in [3.63, 3.8) is 0 Å². The third-order valence-corrected chi connectivity index (χ3v) is 4.47. The summed E-state index contributed by atoms with van der Waals surface area (Å²) in [7, 11) is 1.53. The lowest BCUT2D eigenvalue weighted by molar-refractivity contribution is -0.140. The molecule has 1 amide bonds. The quantitative estimate of drug-likeness (QED) is 0.498. The van der Waals surface area contributed by atoms with Crippen molar-refractivity contribution in [3.05, 3.63) is 76.7 Å². The van der Waals surface area contributed by atoms with Crippen LogP contribution in [0.2, 0.25) is 0 Å². The summed E-state index contributed by atoms with van der Waals surface area (Å²) < 4.78 is 62.0. The molecule has 0 aliphatic heterocycles. The number of carbonyl (C=O) groups excluding carboxylic acids is 1. The monoisotopic (exact) mass is 449 g/mol. The van der Waals surface area contributed by atoms with Gasteiger partial charge in [-0.3, -0.25) is 4.79 Å². The summed E-state index contributed by atoms with van der Waals surface area (Å²) in [5.41, 5.74) is 6.50. The van der Waals surface area contributed by atoms with Gasteiger partial charge in [0.2, 0.25) is 0 Å². The van der Waals surface area contributed by atoms with Crippen molar-refractivity contribution in [2.75, 3.05) is 18.2 Å². The van der Waals surface area contributed by atoms with Gasteiger partial charge in [0.1, 0.15) is 23.1 Å². The lowest BCUT2D eigenvalue weighted by atomic mass is 10.1. The average Bonchev–Trinajstić information content (AvgIpc) is 2.71.